The number of rotatable bonds is 3. The molecule has 0 spiro atoms. The number of nitrogens with two attached hydrogens (primary N) is 1. The number of primary sulfonamides is 1. The van der Waals surface area contributed by atoms with Gasteiger partial charge < -0.3 is 4.74 Å². The lowest BCUT2D eigenvalue weighted by atomic mass is 9.92. The molecule has 1 aliphatic heterocycles. The first-order chi connectivity index (χ1) is 11.4. The van der Waals surface area contributed by atoms with Crippen LogP contribution in [0.3, 0.4) is 0 Å². The van der Waals surface area contributed by atoms with Crippen LogP contribution in [0.5, 0.6) is 0 Å². The zero-order chi connectivity index (χ0) is 17.3. The Hall–Kier alpha value is -2.02. The number of benzene rings is 2. The minimum atomic E-state index is -3.74. The summed E-state index contributed by atoms with van der Waals surface area (Å²) >= 11 is 0. The van der Waals surface area contributed by atoms with E-state index in [4.69, 9.17) is 9.88 Å². The van der Waals surface area contributed by atoms with E-state index in [0.717, 1.165) is 28.7 Å². The molecule has 1 fully saturated rings. The van der Waals surface area contributed by atoms with Crippen LogP contribution in [0.1, 0.15) is 23.1 Å². The van der Waals surface area contributed by atoms with Gasteiger partial charge in [-0.15, -0.1) is 0 Å². The van der Waals surface area contributed by atoms with E-state index in [9.17, 15) is 12.8 Å². The molecule has 0 amide bonds. The summed E-state index contributed by atoms with van der Waals surface area (Å²) in [6, 6.07) is 11.4. The van der Waals surface area contributed by atoms with Crippen molar-refractivity contribution in [2.24, 2.45) is 5.14 Å². The van der Waals surface area contributed by atoms with Crippen LogP contribution < -0.4 is 5.14 Å². The van der Waals surface area contributed by atoms with E-state index in [1.807, 2.05) is 6.07 Å². The lowest BCUT2D eigenvalue weighted by Gasteiger charge is -2.13. The Bertz CT molecular complexity index is 894. The molecule has 2 aromatic carbocycles. The Labute approximate surface area is 140 Å². The van der Waals surface area contributed by atoms with Crippen LogP contribution in [0, 0.1) is 12.7 Å². The molecular formula is C18H18FNO3S. The number of hydrogen-bond acceptors (Lipinski definition) is 3. The Morgan fingerprint density at radius 2 is 1.79 bits per heavy atom. The van der Waals surface area contributed by atoms with Gasteiger partial charge in [0, 0.05) is 0 Å². The summed E-state index contributed by atoms with van der Waals surface area (Å²) in [6.07, 6.45) is 0.766. The van der Waals surface area contributed by atoms with Gasteiger partial charge in [-0.1, -0.05) is 24.3 Å². The Kier molecular flexibility index (Phi) is 4.54. The highest BCUT2D eigenvalue weighted by Crippen LogP contribution is 2.32. The Balaban J connectivity index is 2.13. The molecule has 2 aromatic rings. The third kappa shape index (κ3) is 3.40. The van der Waals surface area contributed by atoms with Crippen LogP contribution in [0.4, 0.5) is 4.39 Å². The van der Waals surface area contributed by atoms with E-state index in [2.05, 4.69) is 0 Å². The van der Waals surface area contributed by atoms with Crippen molar-refractivity contribution >= 4 is 15.6 Å². The van der Waals surface area contributed by atoms with Gasteiger partial charge in [0.25, 0.3) is 0 Å². The van der Waals surface area contributed by atoms with Gasteiger partial charge in [-0.25, -0.2) is 17.9 Å². The van der Waals surface area contributed by atoms with Crippen LogP contribution in [0.25, 0.3) is 5.57 Å². The topological polar surface area (TPSA) is 69.4 Å². The number of aryl methyl sites for hydroxylation is 1. The second-order valence-electron chi connectivity index (χ2n) is 5.81. The average molecular weight is 347 g/mol. The molecule has 4 nitrogen and oxygen atoms in total. The quantitative estimate of drug-likeness (QED) is 0.928. The smallest absolute Gasteiger partial charge is 0.238 e. The zero-order valence-corrected chi connectivity index (χ0v) is 14.1. The summed E-state index contributed by atoms with van der Waals surface area (Å²) in [4.78, 5) is 0.0494. The zero-order valence-electron chi connectivity index (χ0n) is 13.3. The molecule has 1 saturated heterocycles. The van der Waals surface area contributed by atoms with Crippen molar-refractivity contribution in [2.75, 3.05) is 13.2 Å². The second-order valence-corrected chi connectivity index (χ2v) is 7.38. The first kappa shape index (κ1) is 16.8. The summed E-state index contributed by atoms with van der Waals surface area (Å²) < 4.78 is 42.3. The van der Waals surface area contributed by atoms with Crippen LogP contribution in [0.2, 0.25) is 0 Å². The van der Waals surface area contributed by atoms with Gasteiger partial charge >= 0.3 is 0 Å². The standard InChI is InChI=1S/C18H18FNO3S/c1-12-2-3-14(10-17(12)19)18(15-8-9-23-11-15)13-4-6-16(7-5-13)24(20,21)22/h2-7,10H,8-9,11H2,1H3,(H2,20,21,22)/b18-15+. The molecule has 0 aromatic heterocycles. The van der Waals surface area contributed by atoms with Crippen molar-refractivity contribution in [2.45, 2.75) is 18.2 Å². The van der Waals surface area contributed by atoms with Gasteiger partial charge in [-0.05, 0) is 59.4 Å². The molecule has 3 rings (SSSR count). The molecule has 0 aliphatic carbocycles. The molecule has 24 heavy (non-hydrogen) atoms. The molecule has 0 unspecified atom stereocenters. The Morgan fingerprint density at radius 1 is 1.12 bits per heavy atom. The lowest BCUT2D eigenvalue weighted by molar-refractivity contribution is 0.205. The van der Waals surface area contributed by atoms with E-state index in [0.29, 0.717) is 18.8 Å². The third-order valence-electron chi connectivity index (χ3n) is 4.11. The molecule has 0 saturated carbocycles. The average Bonchev–Trinajstić information content (AvgIpc) is 3.05. The highest BCUT2D eigenvalue weighted by atomic mass is 32.2. The van der Waals surface area contributed by atoms with Crippen molar-refractivity contribution < 1.29 is 17.5 Å². The predicted octanol–water partition coefficient (Wildman–Crippen LogP) is 3.00. The number of sulfonamides is 1. The third-order valence-corrected chi connectivity index (χ3v) is 5.04. The molecule has 0 radical (unpaired) electrons. The van der Waals surface area contributed by atoms with Crippen molar-refractivity contribution in [3.8, 4) is 0 Å². The van der Waals surface area contributed by atoms with Gasteiger partial charge in [0.2, 0.25) is 10.0 Å². The van der Waals surface area contributed by atoms with Crippen LogP contribution in [0.15, 0.2) is 52.9 Å². The van der Waals surface area contributed by atoms with Crippen LogP contribution >= 0.6 is 0 Å². The largest absolute Gasteiger partial charge is 0.377 e. The van der Waals surface area contributed by atoms with E-state index in [1.165, 1.54) is 18.2 Å². The second kappa shape index (κ2) is 6.47. The van der Waals surface area contributed by atoms with Crippen molar-refractivity contribution in [3.63, 3.8) is 0 Å². The fourth-order valence-corrected chi connectivity index (χ4v) is 3.31. The number of hydrogen-bond donors (Lipinski definition) is 1. The van der Waals surface area contributed by atoms with E-state index in [-0.39, 0.29) is 10.7 Å². The van der Waals surface area contributed by atoms with Crippen molar-refractivity contribution in [1.82, 2.24) is 0 Å². The predicted molar refractivity (Wildman–Crippen MR) is 90.4 cm³/mol. The highest BCUT2D eigenvalue weighted by Gasteiger charge is 2.18. The summed E-state index contributed by atoms with van der Waals surface area (Å²) in [5.74, 6) is -0.273. The van der Waals surface area contributed by atoms with Gasteiger partial charge in [0.05, 0.1) is 18.1 Å². The maximum Gasteiger partial charge on any atom is 0.238 e. The highest BCUT2D eigenvalue weighted by molar-refractivity contribution is 7.89. The molecule has 0 bridgehead atoms. The maximum absolute atomic E-state index is 14.0. The SMILES string of the molecule is Cc1ccc(/C(=C2\CCOC2)c2ccc(S(N)(=O)=O)cc2)cc1F. The number of ether oxygens (including phenoxy) is 1. The molecule has 6 heteroatoms. The molecular weight excluding hydrogens is 329 g/mol. The van der Waals surface area contributed by atoms with Crippen molar-refractivity contribution in [3.05, 3.63) is 70.5 Å². The fourth-order valence-electron chi connectivity index (χ4n) is 2.79. The maximum atomic E-state index is 14.0. The first-order valence-electron chi connectivity index (χ1n) is 7.56. The first-order valence-corrected chi connectivity index (χ1v) is 9.10. The van der Waals surface area contributed by atoms with Gasteiger partial charge in [0.1, 0.15) is 5.82 Å². The summed E-state index contributed by atoms with van der Waals surface area (Å²) in [7, 11) is -3.74. The fraction of sp³-hybridized carbons (Fsp3) is 0.222. The van der Waals surface area contributed by atoms with Crippen molar-refractivity contribution in [1.29, 1.82) is 0 Å². The molecule has 0 atom stereocenters. The molecule has 126 valence electrons. The summed E-state index contributed by atoms with van der Waals surface area (Å²) in [5.41, 5.74) is 4.09. The monoisotopic (exact) mass is 347 g/mol. The lowest BCUT2D eigenvalue weighted by Crippen LogP contribution is -2.11. The normalized spacial score (nSPS) is 17.1. The Morgan fingerprint density at radius 3 is 2.33 bits per heavy atom. The molecule has 2 N–H and O–H groups in total. The van der Waals surface area contributed by atoms with E-state index < -0.39 is 10.0 Å². The minimum Gasteiger partial charge on any atom is -0.377 e. The van der Waals surface area contributed by atoms with Crippen LogP contribution in [-0.4, -0.2) is 21.6 Å². The minimum absolute atomic E-state index is 0.0494. The van der Waals surface area contributed by atoms with Gasteiger partial charge in [-0.3, -0.25) is 0 Å². The van der Waals surface area contributed by atoms with Gasteiger partial charge in [0.15, 0.2) is 0 Å². The molecule has 1 heterocycles. The van der Waals surface area contributed by atoms with Gasteiger partial charge in [-0.2, -0.15) is 0 Å². The van der Waals surface area contributed by atoms with E-state index in [1.54, 1.807) is 25.1 Å². The summed E-state index contributed by atoms with van der Waals surface area (Å²) in [6.45, 7) is 2.83. The van der Waals surface area contributed by atoms with E-state index >= 15 is 0 Å². The molecule has 1 aliphatic rings. The number of halogens is 1. The summed E-state index contributed by atoms with van der Waals surface area (Å²) in [5, 5.41) is 5.14. The van der Waals surface area contributed by atoms with Crippen LogP contribution in [-0.2, 0) is 14.8 Å².